The summed E-state index contributed by atoms with van der Waals surface area (Å²) in [7, 11) is -1.12. The summed E-state index contributed by atoms with van der Waals surface area (Å²) >= 11 is 1.80. The largest absolute Gasteiger partial charge is 0.309 e. The molecule has 19 rings (SSSR count). The highest BCUT2D eigenvalue weighted by molar-refractivity contribution is 8.17. The molecule has 1 aliphatic heterocycles. The third-order valence-corrected chi connectivity index (χ3v) is 22.0. The molecule has 440 valence electrons. The van der Waals surface area contributed by atoms with Crippen molar-refractivity contribution < 1.29 is 0 Å². The van der Waals surface area contributed by atoms with Crippen molar-refractivity contribution in [3.63, 3.8) is 0 Å². The maximum atomic E-state index is 5.45. The highest BCUT2D eigenvalue weighted by Crippen LogP contribution is 2.64. The van der Waals surface area contributed by atoms with E-state index < -0.39 is 10.9 Å². The fourth-order valence-corrected chi connectivity index (χ4v) is 17.8. The van der Waals surface area contributed by atoms with E-state index in [0.29, 0.717) is 34.9 Å². The zero-order valence-corrected chi connectivity index (χ0v) is 52.1. The zero-order chi connectivity index (χ0) is 61.8. The number of nitrogens with zero attached hydrogens (tertiary/aromatic N) is 8. The molecule has 0 saturated heterocycles. The minimum absolute atomic E-state index is 0.602. The summed E-state index contributed by atoms with van der Waals surface area (Å²) < 4.78 is 7.20. The van der Waals surface area contributed by atoms with Crippen LogP contribution in [0, 0.1) is 0 Å². The first-order valence-electron chi connectivity index (χ1n) is 31.5. The highest BCUT2D eigenvalue weighted by atomic mass is 32.2. The fourth-order valence-electron chi connectivity index (χ4n) is 14.1. The maximum absolute atomic E-state index is 5.45. The summed E-state index contributed by atoms with van der Waals surface area (Å²) in [5.74, 6) is 3.69. The molecule has 1 aliphatic rings. The van der Waals surface area contributed by atoms with Gasteiger partial charge in [0.25, 0.3) is 0 Å². The van der Waals surface area contributed by atoms with E-state index in [9.17, 15) is 0 Å². The lowest BCUT2D eigenvalue weighted by Crippen LogP contribution is -2.01. The van der Waals surface area contributed by atoms with E-state index in [1.54, 1.807) is 11.3 Å². The zero-order valence-electron chi connectivity index (χ0n) is 50.4. The van der Waals surface area contributed by atoms with Gasteiger partial charge in [0.1, 0.15) is 0 Å². The van der Waals surface area contributed by atoms with E-state index >= 15 is 0 Å². The van der Waals surface area contributed by atoms with Crippen molar-refractivity contribution in [2.24, 2.45) is 0 Å². The Labute approximate surface area is 547 Å². The van der Waals surface area contributed by atoms with Crippen molar-refractivity contribution in [2.45, 2.75) is 14.7 Å². The van der Waals surface area contributed by atoms with Crippen LogP contribution in [0.15, 0.2) is 324 Å². The summed E-state index contributed by atoms with van der Waals surface area (Å²) in [6.45, 7) is 0. The van der Waals surface area contributed by atoms with Gasteiger partial charge in [-0.25, -0.2) is 29.9 Å². The average molecular weight is 1240 g/mol. The number of benzene rings is 13. The molecule has 18 aromatic rings. The van der Waals surface area contributed by atoms with Gasteiger partial charge in [-0.15, -0.1) is 11.3 Å². The standard InChI is InChI=1S/C84H52N8S2/c1-5-21-52(22-6-1)57-41-46-64-63-31-15-18-36-71(63)92(72(64)49-57)59-43-48-75-68(51-59)78-66(84-88-79(53-23-7-2-8-24-53)85-80(89-84)54-25-9-3-10-26-54)33-20-38-76(78)94(75)60-44-39-56(40-45-60)82-86-81(55-27-11-4-12-28-55)87-83(90-82)65-32-19-37-74-77(65)67-50-58(42-47-73(67)93-74)91-69-34-16-13-29-61(69)62-30-14-17-35-70(62)91/h1-51,94H. The van der Waals surface area contributed by atoms with Crippen LogP contribution in [0.1, 0.15) is 0 Å². The van der Waals surface area contributed by atoms with Crippen molar-refractivity contribution in [3.05, 3.63) is 309 Å². The molecule has 0 spiro atoms. The molecule has 1 atom stereocenters. The van der Waals surface area contributed by atoms with Gasteiger partial charge in [-0.05, 0) is 107 Å². The second kappa shape index (κ2) is 21.9. The Bertz CT molecular complexity index is 5930. The van der Waals surface area contributed by atoms with Gasteiger partial charge in [0.2, 0.25) is 0 Å². The van der Waals surface area contributed by atoms with Crippen LogP contribution < -0.4 is 0 Å². The van der Waals surface area contributed by atoms with Crippen LogP contribution in [0.25, 0.3) is 166 Å². The van der Waals surface area contributed by atoms with Crippen molar-refractivity contribution in [2.75, 3.05) is 0 Å². The van der Waals surface area contributed by atoms with Crippen LogP contribution in [0.2, 0.25) is 0 Å². The second-order valence-electron chi connectivity index (χ2n) is 23.8. The summed E-state index contributed by atoms with van der Waals surface area (Å²) in [6.07, 6.45) is 0. The maximum Gasteiger partial charge on any atom is 0.164 e. The number of hydrogen-bond donors (Lipinski definition) is 1. The number of rotatable bonds is 10. The number of thiophene rings is 1. The Hall–Kier alpha value is -12.0. The predicted molar refractivity (Wildman–Crippen MR) is 388 cm³/mol. The number of fused-ring (bicyclic) bond motifs is 12. The van der Waals surface area contributed by atoms with Crippen molar-refractivity contribution in [1.29, 1.82) is 0 Å². The smallest absolute Gasteiger partial charge is 0.164 e. The molecule has 0 N–H and O–H groups in total. The van der Waals surface area contributed by atoms with Crippen LogP contribution in [-0.4, -0.2) is 39.0 Å². The lowest BCUT2D eigenvalue weighted by molar-refractivity contribution is 1.07. The van der Waals surface area contributed by atoms with Gasteiger partial charge in [-0.1, -0.05) is 224 Å². The molecule has 0 bridgehead atoms. The molecule has 0 radical (unpaired) electrons. The van der Waals surface area contributed by atoms with E-state index in [4.69, 9.17) is 29.9 Å². The predicted octanol–water partition coefficient (Wildman–Crippen LogP) is 21.7. The van der Waals surface area contributed by atoms with Crippen molar-refractivity contribution >= 4 is 86.0 Å². The van der Waals surface area contributed by atoms with E-state index in [1.165, 1.54) is 67.8 Å². The molecule has 5 aromatic heterocycles. The third kappa shape index (κ3) is 8.83. The van der Waals surface area contributed by atoms with E-state index in [-0.39, 0.29) is 0 Å². The molecule has 6 heterocycles. The first kappa shape index (κ1) is 53.8. The molecule has 8 nitrogen and oxygen atoms in total. The molecular formula is C84H52N8S2. The normalized spacial score (nSPS) is 13.2. The molecule has 13 aromatic carbocycles. The number of aromatic nitrogens is 8. The first-order chi connectivity index (χ1) is 46.6. The summed E-state index contributed by atoms with van der Waals surface area (Å²) in [6, 6.07) is 111. The number of para-hydroxylation sites is 3. The van der Waals surface area contributed by atoms with Gasteiger partial charge in [-0.3, -0.25) is 0 Å². The van der Waals surface area contributed by atoms with E-state index in [2.05, 4.69) is 264 Å². The van der Waals surface area contributed by atoms with E-state index in [1.807, 2.05) is 54.6 Å². The Morgan fingerprint density at radius 3 is 1.29 bits per heavy atom. The second-order valence-corrected chi connectivity index (χ2v) is 27.0. The SMILES string of the molecule is c1ccc(-c2ccc3c4ccccc4n(-c4ccc5c(c4)-c4c(-c6nc(-c7ccccc7)nc(-c7ccccc7)n6)cccc4[SH]5c4ccc(-c5nc(-c6ccccc6)nc(-c6cccc7sc8ccc(-n9c%10ccccc%10c%10ccccc%109)cc8c67)n5)cc4)c3c2)cc1. The number of thiol groups is 1. The summed E-state index contributed by atoms with van der Waals surface area (Å²) in [5, 5.41) is 7.16. The number of hydrogen-bond acceptors (Lipinski definition) is 7. The van der Waals surface area contributed by atoms with Crippen LogP contribution in [0.5, 0.6) is 0 Å². The minimum Gasteiger partial charge on any atom is -0.309 e. The first-order valence-corrected chi connectivity index (χ1v) is 33.7. The molecule has 0 aliphatic carbocycles. The van der Waals surface area contributed by atoms with Crippen LogP contribution in [0.3, 0.4) is 0 Å². The quantitative estimate of drug-likeness (QED) is 0.137. The minimum atomic E-state index is -1.12. The topological polar surface area (TPSA) is 87.2 Å². The van der Waals surface area contributed by atoms with Gasteiger partial charge in [0, 0.05) is 102 Å². The summed E-state index contributed by atoms with van der Waals surface area (Å²) in [4.78, 5) is 35.6. The Morgan fingerprint density at radius 1 is 0.255 bits per heavy atom. The van der Waals surface area contributed by atoms with Crippen LogP contribution >= 0.6 is 22.2 Å². The highest BCUT2D eigenvalue weighted by Gasteiger charge is 2.32. The van der Waals surface area contributed by atoms with Gasteiger partial charge in [0.15, 0.2) is 34.9 Å². The monoisotopic (exact) mass is 1240 g/mol. The fraction of sp³-hybridized carbons (Fsp3) is 0. The van der Waals surface area contributed by atoms with Crippen molar-refractivity contribution in [1.82, 2.24) is 39.0 Å². The molecule has 0 saturated carbocycles. The lowest BCUT2D eigenvalue weighted by Gasteiger charge is -2.20. The molecule has 0 fully saturated rings. The van der Waals surface area contributed by atoms with Gasteiger partial charge in [0.05, 0.1) is 22.1 Å². The molecule has 1 unspecified atom stereocenters. The van der Waals surface area contributed by atoms with Crippen molar-refractivity contribution in [3.8, 4) is 102 Å². The molecule has 94 heavy (non-hydrogen) atoms. The average Bonchev–Trinajstić information content (AvgIpc) is 1.64. The molecule has 10 heteroatoms. The Morgan fingerprint density at radius 2 is 0.702 bits per heavy atom. The Balaban J connectivity index is 0.774. The van der Waals surface area contributed by atoms with Gasteiger partial charge >= 0.3 is 0 Å². The lowest BCUT2D eigenvalue weighted by atomic mass is 9.98. The van der Waals surface area contributed by atoms with Crippen LogP contribution in [0.4, 0.5) is 0 Å². The van der Waals surface area contributed by atoms with Crippen LogP contribution in [-0.2, 0) is 0 Å². The van der Waals surface area contributed by atoms with E-state index in [0.717, 1.165) is 77.7 Å². The molecule has 0 amide bonds. The molecular weight excluding hydrogens is 1190 g/mol. The van der Waals surface area contributed by atoms with Gasteiger partial charge < -0.3 is 9.13 Å². The Kier molecular flexibility index (Phi) is 12.5. The van der Waals surface area contributed by atoms with Gasteiger partial charge in [-0.2, -0.15) is 10.9 Å². The summed E-state index contributed by atoms with van der Waals surface area (Å²) in [5.41, 5.74) is 17.0. The third-order valence-electron chi connectivity index (χ3n) is 18.4.